The molecule has 0 aliphatic carbocycles. The molecule has 0 bridgehead atoms. The molecule has 106 valence electrons. The second-order valence-corrected chi connectivity index (χ2v) is 5.28. The fourth-order valence-electron chi connectivity index (χ4n) is 2.90. The zero-order valence-electron chi connectivity index (χ0n) is 11.7. The van der Waals surface area contributed by atoms with E-state index in [2.05, 4.69) is 25.0 Å². The van der Waals surface area contributed by atoms with Crippen molar-refractivity contribution < 1.29 is 4.52 Å². The number of anilines is 1. The molecule has 1 atom stereocenters. The van der Waals surface area contributed by atoms with E-state index in [1.165, 1.54) is 0 Å². The summed E-state index contributed by atoms with van der Waals surface area (Å²) in [6.45, 7) is 2.88. The normalized spacial score (nSPS) is 18.5. The Hall–Kier alpha value is -2.50. The summed E-state index contributed by atoms with van der Waals surface area (Å²) in [7, 11) is 0. The highest BCUT2D eigenvalue weighted by Gasteiger charge is 2.29. The largest absolute Gasteiger partial charge is 0.361 e. The van der Waals surface area contributed by atoms with E-state index in [1.807, 2.05) is 25.1 Å². The number of hydrogen-bond acceptors (Lipinski definition) is 6. The van der Waals surface area contributed by atoms with Gasteiger partial charge in [-0.1, -0.05) is 5.16 Å². The van der Waals surface area contributed by atoms with Gasteiger partial charge in [-0.15, -0.1) is 0 Å². The fraction of sp³-hybridized carbons (Fsp3) is 0.333. The Kier molecular flexibility index (Phi) is 2.80. The Morgan fingerprint density at radius 3 is 3.00 bits per heavy atom. The third-order valence-electron chi connectivity index (χ3n) is 3.85. The molecule has 6 heteroatoms. The molecule has 3 aromatic heterocycles. The molecule has 0 spiro atoms. The van der Waals surface area contributed by atoms with Crippen molar-refractivity contribution in [1.29, 1.82) is 0 Å². The molecule has 0 aromatic carbocycles. The molecule has 0 amide bonds. The van der Waals surface area contributed by atoms with E-state index >= 15 is 0 Å². The smallest absolute Gasteiger partial charge is 0.180 e. The molecule has 4 rings (SSSR count). The van der Waals surface area contributed by atoms with Gasteiger partial charge in [-0.3, -0.25) is 4.98 Å². The first-order valence-corrected chi connectivity index (χ1v) is 7.09. The SMILES string of the molecule is Cc1cc([C@H]2CCCN2c2ccc3nccnc3n2)no1. The van der Waals surface area contributed by atoms with Gasteiger partial charge in [-0.25, -0.2) is 9.97 Å². The second-order valence-electron chi connectivity index (χ2n) is 5.28. The van der Waals surface area contributed by atoms with Crippen molar-refractivity contribution in [3.8, 4) is 0 Å². The fourth-order valence-corrected chi connectivity index (χ4v) is 2.90. The molecule has 0 N–H and O–H groups in total. The predicted molar refractivity (Wildman–Crippen MR) is 77.9 cm³/mol. The molecule has 3 aromatic rings. The Morgan fingerprint density at radius 1 is 1.24 bits per heavy atom. The number of nitrogens with zero attached hydrogens (tertiary/aromatic N) is 5. The van der Waals surface area contributed by atoms with Gasteiger partial charge in [0.25, 0.3) is 0 Å². The molecule has 4 heterocycles. The van der Waals surface area contributed by atoms with Gasteiger partial charge in [-0.05, 0) is 31.9 Å². The Morgan fingerprint density at radius 2 is 2.14 bits per heavy atom. The highest BCUT2D eigenvalue weighted by atomic mass is 16.5. The average molecular weight is 281 g/mol. The minimum atomic E-state index is 0.226. The van der Waals surface area contributed by atoms with Crippen molar-refractivity contribution in [1.82, 2.24) is 20.1 Å². The van der Waals surface area contributed by atoms with Gasteiger partial charge >= 0.3 is 0 Å². The second kappa shape index (κ2) is 4.80. The van der Waals surface area contributed by atoms with Gasteiger partial charge in [0.1, 0.15) is 22.8 Å². The number of hydrogen-bond donors (Lipinski definition) is 0. The lowest BCUT2D eigenvalue weighted by molar-refractivity contribution is 0.385. The monoisotopic (exact) mass is 281 g/mol. The molecule has 21 heavy (non-hydrogen) atoms. The molecular weight excluding hydrogens is 266 g/mol. The topological polar surface area (TPSA) is 67.9 Å². The van der Waals surface area contributed by atoms with Gasteiger partial charge < -0.3 is 9.42 Å². The first kappa shape index (κ1) is 12.3. The third-order valence-corrected chi connectivity index (χ3v) is 3.85. The standard InChI is InChI=1S/C15H15N5O/c1-10-9-12(19-21-10)13-3-2-8-20(13)14-5-4-11-15(18-14)17-7-6-16-11/h4-7,9,13H,2-3,8H2,1H3/t13-/m1/s1. The molecule has 1 saturated heterocycles. The van der Waals surface area contributed by atoms with Crippen LogP contribution in [-0.2, 0) is 0 Å². The minimum Gasteiger partial charge on any atom is -0.361 e. The van der Waals surface area contributed by atoms with E-state index in [0.717, 1.165) is 42.2 Å². The summed E-state index contributed by atoms with van der Waals surface area (Å²) in [5, 5.41) is 4.16. The van der Waals surface area contributed by atoms with Gasteiger partial charge in [0.15, 0.2) is 5.65 Å². The van der Waals surface area contributed by atoms with Crippen LogP contribution in [0.2, 0.25) is 0 Å². The van der Waals surface area contributed by atoms with E-state index in [9.17, 15) is 0 Å². The first-order valence-electron chi connectivity index (χ1n) is 7.09. The van der Waals surface area contributed by atoms with Crippen molar-refractivity contribution in [2.45, 2.75) is 25.8 Å². The third kappa shape index (κ3) is 2.12. The van der Waals surface area contributed by atoms with E-state index in [0.29, 0.717) is 5.65 Å². The van der Waals surface area contributed by atoms with Crippen molar-refractivity contribution in [3.05, 3.63) is 42.0 Å². The van der Waals surface area contributed by atoms with Crippen LogP contribution < -0.4 is 4.90 Å². The van der Waals surface area contributed by atoms with E-state index < -0.39 is 0 Å². The lowest BCUT2D eigenvalue weighted by Crippen LogP contribution is -2.23. The first-order chi connectivity index (χ1) is 10.3. The van der Waals surface area contributed by atoms with Gasteiger partial charge in [0, 0.05) is 25.0 Å². The van der Waals surface area contributed by atoms with Gasteiger partial charge in [-0.2, -0.15) is 0 Å². The van der Waals surface area contributed by atoms with Crippen LogP contribution in [0.15, 0.2) is 35.1 Å². The maximum Gasteiger partial charge on any atom is 0.180 e. The molecule has 0 unspecified atom stereocenters. The summed E-state index contributed by atoms with van der Waals surface area (Å²) in [5.41, 5.74) is 2.47. The highest BCUT2D eigenvalue weighted by molar-refractivity contribution is 5.71. The van der Waals surface area contributed by atoms with Crippen LogP contribution in [0.5, 0.6) is 0 Å². The summed E-state index contributed by atoms with van der Waals surface area (Å²) in [6, 6.07) is 6.20. The number of aromatic nitrogens is 4. The summed E-state index contributed by atoms with van der Waals surface area (Å²) < 4.78 is 5.21. The van der Waals surface area contributed by atoms with Gasteiger partial charge in [0.05, 0.1) is 6.04 Å². The summed E-state index contributed by atoms with van der Waals surface area (Å²) in [6.07, 6.45) is 5.53. The maximum atomic E-state index is 5.21. The molecule has 1 aliphatic heterocycles. The molecule has 0 radical (unpaired) electrons. The van der Waals surface area contributed by atoms with Crippen LogP contribution >= 0.6 is 0 Å². The number of aryl methyl sites for hydroxylation is 1. The van der Waals surface area contributed by atoms with Gasteiger partial charge in [0.2, 0.25) is 0 Å². The Balaban J connectivity index is 1.72. The van der Waals surface area contributed by atoms with Crippen LogP contribution in [0.4, 0.5) is 5.82 Å². The lowest BCUT2D eigenvalue weighted by Gasteiger charge is -2.24. The Bertz CT molecular complexity index is 784. The van der Waals surface area contributed by atoms with Crippen LogP contribution in [0.3, 0.4) is 0 Å². The van der Waals surface area contributed by atoms with Crippen LogP contribution in [0, 0.1) is 6.92 Å². The number of pyridine rings is 1. The summed E-state index contributed by atoms with van der Waals surface area (Å²) >= 11 is 0. The van der Waals surface area contributed by atoms with Crippen LogP contribution in [-0.4, -0.2) is 26.7 Å². The van der Waals surface area contributed by atoms with E-state index in [-0.39, 0.29) is 6.04 Å². The maximum absolute atomic E-state index is 5.21. The highest BCUT2D eigenvalue weighted by Crippen LogP contribution is 2.35. The number of rotatable bonds is 2. The van der Waals surface area contributed by atoms with Crippen LogP contribution in [0.25, 0.3) is 11.2 Å². The minimum absolute atomic E-state index is 0.226. The van der Waals surface area contributed by atoms with E-state index in [1.54, 1.807) is 12.4 Å². The lowest BCUT2D eigenvalue weighted by atomic mass is 10.1. The van der Waals surface area contributed by atoms with E-state index in [4.69, 9.17) is 4.52 Å². The average Bonchev–Trinajstić information content (AvgIpc) is 3.15. The molecule has 1 fully saturated rings. The molecular formula is C15H15N5O. The Labute approximate surface area is 121 Å². The van der Waals surface area contributed by atoms with Crippen molar-refractivity contribution in [3.63, 3.8) is 0 Å². The zero-order valence-corrected chi connectivity index (χ0v) is 11.7. The van der Waals surface area contributed by atoms with Crippen molar-refractivity contribution in [2.24, 2.45) is 0 Å². The zero-order chi connectivity index (χ0) is 14.2. The quantitative estimate of drug-likeness (QED) is 0.719. The van der Waals surface area contributed by atoms with Crippen LogP contribution in [0.1, 0.15) is 30.3 Å². The number of fused-ring (bicyclic) bond motifs is 1. The van der Waals surface area contributed by atoms with Crippen molar-refractivity contribution in [2.75, 3.05) is 11.4 Å². The molecule has 1 aliphatic rings. The predicted octanol–water partition coefficient (Wildman–Crippen LogP) is 2.66. The van der Waals surface area contributed by atoms with Crippen molar-refractivity contribution >= 4 is 17.0 Å². The summed E-state index contributed by atoms with van der Waals surface area (Å²) in [4.78, 5) is 15.4. The molecule has 6 nitrogen and oxygen atoms in total. The molecule has 0 saturated carbocycles. The summed E-state index contributed by atoms with van der Waals surface area (Å²) in [5.74, 6) is 1.76.